The van der Waals surface area contributed by atoms with Crippen LogP contribution in [0.3, 0.4) is 0 Å². The zero-order valence-corrected chi connectivity index (χ0v) is 11.3. The topological polar surface area (TPSA) is 44.5 Å². The Bertz CT molecular complexity index is 386. The Balaban J connectivity index is 1.91. The van der Waals surface area contributed by atoms with Crippen LogP contribution < -0.4 is 10.5 Å². The first-order valence-electron chi connectivity index (χ1n) is 6.72. The lowest BCUT2D eigenvalue weighted by molar-refractivity contribution is 0.101. The van der Waals surface area contributed by atoms with Crippen LogP contribution in [0.15, 0.2) is 18.2 Å². The Labute approximate surface area is 109 Å². The maximum Gasteiger partial charge on any atom is 0.121 e. The molecule has 2 atom stereocenters. The maximum absolute atomic E-state index is 6.24. The van der Waals surface area contributed by atoms with Crippen LogP contribution in [0.2, 0.25) is 0 Å². The summed E-state index contributed by atoms with van der Waals surface area (Å²) in [7, 11) is 1.69. The zero-order valence-electron chi connectivity index (χ0n) is 11.3. The predicted octanol–water partition coefficient (Wildman–Crippen LogP) is 2.96. The van der Waals surface area contributed by atoms with Crippen LogP contribution >= 0.6 is 0 Å². The first-order chi connectivity index (χ1) is 8.70. The Kier molecular flexibility index (Phi) is 4.61. The molecule has 1 aliphatic rings. The molecule has 0 saturated carbocycles. The molecular formula is C15H23NO2. The summed E-state index contributed by atoms with van der Waals surface area (Å²) in [5.41, 5.74) is 8.56. The number of methoxy groups -OCH3 is 1. The molecule has 2 N–H and O–H groups in total. The number of benzene rings is 1. The largest absolute Gasteiger partial charge is 0.496 e. The highest BCUT2D eigenvalue weighted by Gasteiger charge is 2.17. The van der Waals surface area contributed by atoms with Crippen LogP contribution in [0.25, 0.3) is 0 Å². The van der Waals surface area contributed by atoms with Gasteiger partial charge in [0, 0.05) is 12.6 Å². The lowest BCUT2D eigenvalue weighted by atomic mass is 9.98. The smallest absolute Gasteiger partial charge is 0.121 e. The van der Waals surface area contributed by atoms with Crippen molar-refractivity contribution in [2.75, 3.05) is 13.7 Å². The standard InChI is InChI=1S/C15H23NO2/c1-11-10-12(5-8-15(11)17-2)14(16)7-6-13-4-3-9-18-13/h5,8,10,13-14H,3-4,6-7,9,16H2,1-2H3. The summed E-state index contributed by atoms with van der Waals surface area (Å²) in [6.45, 7) is 2.97. The highest BCUT2D eigenvalue weighted by atomic mass is 16.5. The molecule has 0 bridgehead atoms. The van der Waals surface area contributed by atoms with E-state index in [0.29, 0.717) is 6.10 Å². The first-order valence-corrected chi connectivity index (χ1v) is 6.72. The minimum atomic E-state index is 0.0961. The number of hydrogen-bond acceptors (Lipinski definition) is 3. The SMILES string of the molecule is COc1ccc(C(N)CCC2CCCO2)cc1C. The van der Waals surface area contributed by atoms with Crippen molar-refractivity contribution in [1.29, 1.82) is 0 Å². The van der Waals surface area contributed by atoms with E-state index in [-0.39, 0.29) is 6.04 Å². The van der Waals surface area contributed by atoms with Gasteiger partial charge in [-0.1, -0.05) is 12.1 Å². The van der Waals surface area contributed by atoms with Crippen molar-refractivity contribution in [2.24, 2.45) is 5.73 Å². The molecule has 1 aromatic carbocycles. The molecule has 2 unspecified atom stereocenters. The molecule has 18 heavy (non-hydrogen) atoms. The lowest BCUT2D eigenvalue weighted by Gasteiger charge is -2.16. The predicted molar refractivity (Wildman–Crippen MR) is 72.9 cm³/mol. The number of rotatable bonds is 5. The Hall–Kier alpha value is -1.06. The van der Waals surface area contributed by atoms with Gasteiger partial charge in [-0.05, 0) is 49.8 Å². The van der Waals surface area contributed by atoms with E-state index in [1.807, 2.05) is 6.07 Å². The Morgan fingerprint density at radius 3 is 2.94 bits per heavy atom. The van der Waals surface area contributed by atoms with Crippen LogP contribution in [-0.2, 0) is 4.74 Å². The third kappa shape index (κ3) is 3.24. The fraction of sp³-hybridized carbons (Fsp3) is 0.600. The fourth-order valence-electron chi connectivity index (χ4n) is 2.54. The summed E-state index contributed by atoms with van der Waals surface area (Å²) in [4.78, 5) is 0. The van der Waals surface area contributed by atoms with E-state index < -0.39 is 0 Å². The van der Waals surface area contributed by atoms with Crippen LogP contribution in [0.4, 0.5) is 0 Å². The zero-order chi connectivity index (χ0) is 13.0. The lowest BCUT2D eigenvalue weighted by Crippen LogP contribution is -2.14. The van der Waals surface area contributed by atoms with Gasteiger partial charge in [0.15, 0.2) is 0 Å². The van der Waals surface area contributed by atoms with Crippen molar-refractivity contribution in [3.05, 3.63) is 29.3 Å². The second kappa shape index (κ2) is 6.21. The third-order valence-corrected chi connectivity index (χ3v) is 3.67. The van der Waals surface area contributed by atoms with E-state index >= 15 is 0 Å². The van der Waals surface area contributed by atoms with Gasteiger partial charge in [0.25, 0.3) is 0 Å². The van der Waals surface area contributed by atoms with Crippen molar-refractivity contribution in [1.82, 2.24) is 0 Å². The average Bonchev–Trinajstić information content (AvgIpc) is 2.89. The molecule has 0 amide bonds. The molecule has 0 aliphatic carbocycles. The molecule has 1 saturated heterocycles. The second-order valence-electron chi connectivity index (χ2n) is 5.05. The van der Waals surface area contributed by atoms with E-state index in [1.165, 1.54) is 18.4 Å². The Morgan fingerprint density at radius 1 is 1.50 bits per heavy atom. The molecule has 3 nitrogen and oxygen atoms in total. The molecule has 1 fully saturated rings. The van der Waals surface area contributed by atoms with Crippen molar-refractivity contribution in [3.8, 4) is 5.75 Å². The monoisotopic (exact) mass is 249 g/mol. The molecule has 100 valence electrons. The molecule has 0 aromatic heterocycles. The van der Waals surface area contributed by atoms with Crippen LogP contribution in [-0.4, -0.2) is 19.8 Å². The molecule has 1 aliphatic heterocycles. The molecule has 0 spiro atoms. The van der Waals surface area contributed by atoms with E-state index in [1.54, 1.807) is 7.11 Å². The summed E-state index contributed by atoms with van der Waals surface area (Å²) in [6.07, 6.45) is 4.86. The Morgan fingerprint density at radius 2 is 2.33 bits per heavy atom. The maximum atomic E-state index is 6.24. The second-order valence-corrected chi connectivity index (χ2v) is 5.05. The molecular weight excluding hydrogens is 226 g/mol. The highest BCUT2D eigenvalue weighted by Crippen LogP contribution is 2.26. The van der Waals surface area contributed by atoms with Gasteiger partial charge in [0.1, 0.15) is 5.75 Å². The number of hydrogen-bond donors (Lipinski definition) is 1. The van der Waals surface area contributed by atoms with Crippen molar-refractivity contribution < 1.29 is 9.47 Å². The highest BCUT2D eigenvalue weighted by molar-refractivity contribution is 5.37. The average molecular weight is 249 g/mol. The van der Waals surface area contributed by atoms with Crippen LogP contribution in [0, 0.1) is 6.92 Å². The van der Waals surface area contributed by atoms with Gasteiger partial charge < -0.3 is 15.2 Å². The molecule has 1 heterocycles. The van der Waals surface area contributed by atoms with Crippen LogP contribution in [0.1, 0.15) is 42.9 Å². The van der Waals surface area contributed by atoms with E-state index in [0.717, 1.165) is 30.8 Å². The van der Waals surface area contributed by atoms with Gasteiger partial charge in [-0.3, -0.25) is 0 Å². The summed E-state index contributed by atoms with van der Waals surface area (Å²) < 4.78 is 10.9. The van der Waals surface area contributed by atoms with Gasteiger partial charge in [-0.2, -0.15) is 0 Å². The van der Waals surface area contributed by atoms with Gasteiger partial charge in [0.2, 0.25) is 0 Å². The van der Waals surface area contributed by atoms with Crippen molar-refractivity contribution >= 4 is 0 Å². The van der Waals surface area contributed by atoms with E-state index in [9.17, 15) is 0 Å². The first kappa shape index (κ1) is 13.4. The molecule has 1 aromatic rings. The van der Waals surface area contributed by atoms with Gasteiger partial charge in [0.05, 0.1) is 13.2 Å². The summed E-state index contributed by atoms with van der Waals surface area (Å²) >= 11 is 0. The fourth-order valence-corrected chi connectivity index (χ4v) is 2.54. The normalized spacial score (nSPS) is 20.9. The summed E-state index contributed by atoms with van der Waals surface area (Å²) in [5, 5.41) is 0. The van der Waals surface area contributed by atoms with Gasteiger partial charge >= 0.3 is 0 Å². The number of aryl methyl sites for hydroxylation is 1. The van der Waals surface area contributed by atoms with E-state index in [4.69, 9.17) is 15.2 Å². The summed E-state index contributed by atoms with van der Waals surface area (Å²) in [5.74, 6) is 0.921. The van der Waals surface area contributed by atoms with E-state index in [2.05, 4.69) is 19.1 Å². The van der Waals surface area contributed by atoms with Gasteiger partial charge in [-0.15, -0.1) is 0 Å². The van der Waals surface area contributed by atoms with Gasteiger partial charge in [-0.25, -0.2) is 0 Å². The summed E-state index contributed by atoms with van der Waals surface area (Å²) in [6, 6.07) is 6.28. The van der Waals surface area contributed by atoms with Crippen molar-refractivity contribution in [3.63, 3.8) is 0 Å². The number of nitrogens with two attached hydrogens (primary N) is 1. The van der Waals surface area contributed by atoms with Crippen molar-refractivity contribution in [2.45, 2.75) is 44.8 Å². The quantitative estimate of drug-likeness (QED) is 0.872. The van der Waals surface area contributed by atoms with Crippen LogP contribution in [0.5, 0.6) is 5.75 Å². The minimum Gasteiger partial charge on any atom is -0.496 e. The third-order valence-electron chi connectivity index (χ3n) is 3.67. The molecule has 2 rings (SSSR count). The molecule has 0 radical (unpaired) electrons. The number of ether oxygens (including phenoxy) is 2. The molecule has 3 heteroatoms. The minimum absolute atomic E-state index is 0.0961.